The van der Waals surface area contributed by atoms with Gasteiger partial charge < -0.3 is 0 Å². The first kappa shape index (κ1) is 16.3. The van der Waals surface area contributed by atoms with Crippen molar-refractivity contribution in [2.24, 2.45) is 5.84 Å². The molecule has 0 amide bonds. The van der Waals surface area contributed by atoms with Crippen LogP contribution in [0.25, 0.3) is 15.9 Å². The third-order valence-electron chi connectivity index (χ3n) is 4.64. The van der Waals surface area contributed by atoms with Crippen molar-refractivity contribution in [2.45, 2.75) is 26.3 Å². The first-order valence-electron chi connectivity index (χ1n) is 8.54. The SMILES string of the molecule is CCCN1CCc2c(sc3nc(NN)n(-c4ccccc4)c(=O)c23)C1. The molecule has 0 atom stereocenters. The van der Waals surface area contributed by atoms with E-state index in [1.54, 1.807) is 15.9 Å². The number of para-hydroxylation sites is 1. The van der Waals surface area contributed by atoms with Gasteiger partial charge in [-0.05, 0) is 37.1 Å². The molecule has 0 bridgehead atoms. The minimum Gasteiger partial charge on any atom is -0.298 e. The molecule has 0 aliphatic carbocycles. The van der Waals surface area contributed by atoms with Crippen LogP contribution in [0.4, 0.5) is 5.95 Å². The van der Waals surface area contributed by atoms with Crippen LogP contribution >= 0.6 is 11.3 Å². The van der Waals surface area contributed by atoms with Crippen LogP contribution < -0.4 is 16.8 Å². The molecule has 3 heterocycles. The van der Waals surface area contributed by atoms with E-state index in [4.69, 9.17) is 5.84 Å². The van der Waals surface area contributed by atoms with Gasteiger partial charge in [0.25, 0.3) is 5.56 Å². The van der Waals surface area contributed by atoms with Gasteiger partial charge in [0, 0.05) is 18.0 Å². The number of nitrogens with two attached hydrogens (primary N) is 1. The molecular weight excluding hydrogens is 334 g/mol. The Morgan fingerprint density at radius 3 is 2.84 bits per heavy atom. The van der Waals surface area contributed by atoms with Crippen molar-refractivity contribution >= 4 is 27.5 Å². The number of aromatic nitrogens is 2. The molecule has 0 fully saturated rings. The van der Waals surface area contributed by atoms with Gasteiger partial charge >= 0.3 is 0 Å². The molecule has 2 aromatic heterocycles. The summed E-state index contributed by atoms with van der Waals surface area (Å²) in [6, 6.07) is 9.50. The first-order chi connectivity index (χ1) is 12.2. The Bertz CT molecular complexity index is 963. The highest BCUT2D eigenvalue weighted by molar-refractivity contribution is 7.18. The Morgan fingerprint density at radius 2 is 2.12 bits per heavy atom. The van der Waals surface area contributed by atoms with E-state index in [2.05, 4.69) is 22.2 Å². The third-order valence-corrected chi connectivity index (χ3v) is 5.75. The normalized spacial score (nSPS) is 14.6. The fourth-order valence-electron chi connectivity index (χ4n) is 3.52. The molecule has 130 valence electrons. The summed E-state index contributed by atoms with van der Waals surface area (Å²) in [4.78, 5) is 22.4. The van der Waals surface area contributed by atoms with Crippen molar-refractivity contribution in [1.29, 1.82) is 0 Å². The number of rotatable bonds is 4. The summed E-state index contributed by atoms with van der Waals surface area (Å²) in [5.41, 5.74) is 4.46. The molecule has 1 aliphatic rings. The first-order valence-corrected chi connectivity index (χ1v) is 9.36. The van der Waals surface area contributed by atoms with Crippen LogP contribution in [0.1, 0.15) is 23.8 Å². The zero-order valence-corrected chi connectivity index (χ0v) is 15.0. The minimum absolute atomic E-state index is 0.0504. The van der Waals surface area contributed by atoms with Crippen molar-refractivity contribution in [3.05, 3.63) is 51.1 Å². The van der Waals surface area contributed by atoms with Gasteiger partial charge in [-0.15, -0.1) is 11.3 Å². The van der Waals surface area contributed by atoms with Crippen LogP contribution in [0.3, 0.4) is 0 Å². The van der Waals surface area contributed by atoms with Gasteiger partial charge in [0.05, 0.1) is 11.1 Å². The van der Waals surface area contributed by atoms with Crippen LogP contribution in [0, 0.1) is 0 Å². The van der Waals surface area contributed by atoms with E-state index in [9.17, 15) is 4.79 Å². The Kier molecular flexibility index (Phi) is 4.29. The molecule has 0 unspecified atom stereocenters. The number of nitrogens with zero attached hydrogens (tertiary/aromatic N) is 3. The molecule has 0 saturated heterocycles. The molecule has 1 aliphatic heterocycles. The standard InChI is InChI=1S/C18H21N5OS/c1-2-9-22-10-8-13-14(11-22)25-16-15(13)17(24)23(18(20-16)21-19)12-6-4-3-5-7-12/h3-7H,2,8-11,19H2,1H3,(H,20,21). The van der Waals surface area contributed by atoms with Crippen molar-refractivity contribution < 1.29 is 0 Å². The fraction of sp³-hybridized carbons (Fsp3) is 0.333. The van der Waals surface area contributed by atoms with E-state index >= 15 is 0 Å². The molecule has 0 saturated carbocycles. The number of fused-ring (bicyclic) bond motifs is 3. The molecule has 25 heavy (non-hydrogen) atoms. The number of hydrazine groups is 1. The number of thiophene rings is 1. The van der Waals surface area contributed by atoms with Crippen LogP contribution in [-0.2, 0) is 13.0 Å². The summed E-state index contributed by atoms with van der Waals surface area (Å²) >= 11 is 1.62. The van der Waals surface area contributed by atoms with E-state index in [-0.39, 0.29) is 5.56 Å². The predicted molar refractivity (Wildman–Crippen MR) is 102 cm³/mol. The average molecular weight is 355 g/mol. The maximum absolute atomic E-state index is 13.3. The quantitative estimate of drug-likeness (QED) is 0.555. The molecule has 1 aromatic carbocycles. The maximum atomic E-state index is 13.3. The Labute approximate surface area is 149 Å². The highest BCUT2D eigenvalue weighted by Gasteiger charge is 2.25. The van der Waals surface area contributed by atoms with Crippen molar-refractivity contribution in [3.63, 3.8) is 0 Å². The second-order valence-corrected chi connectivity index (χ2v) is 7.35. The van der Waals surface area contributed by atoms with E-state index < -0.39 is 0 Å². The van der Waals surface area contributed by atoms with E-state index in [0.717, 1.165) is 53.9 Å². The molecule has 3 aromatic rings. The monoisotopic (exact) mass is 355 g/mol. The molecule has 3 N–H and O–H groups in total. The zero-order valence-electron chi connectivity index (χ0n) is 14.2. The lowest BCUT2D eigenvalue weighted by Gasteiger charge is -2.26. The molecule has 0 spiro atoms. The van der Waals surface area contributed by atoms with Crippen LogP contribution in [0.15, 0.2) is 35.1 Å². The molecule has 7 heteroatoms. The predicted octanol–water partition coefficient (Wildman–Crippen LogP) is 2.50. The second-order valence-electron chi connectivity index (χ2n) is 6.27. The number of hydrogen-bond acceptors (Lipinski definition) is 6. The lowest BCUT2D eigenvalue weighted by atomic mass is 10.1. The van der Waals surface area contributed by atoms with E-state index in [1.807, 2.05) is 30.3 Å². The van der Waals surface area contributed by atoms with Crippen LogP contribution in [-0.4, -0.2) is 27.5 Å². The van der Waals surface area contributed by atoms with Gasteiger partial charge in [-0.3, -0.25) is 15.1 Å². The number of anilines is 1. The maximum Gasteiger partial charge on any atom is 0.268 e. The molecular formula is C18H21N5OS. The Morgan fingerprint density at radius 1 is 1.32 bits per heavy atom. The van der Waals surface area contributed by atoms with Gasteiger partial charge in [0.1, 0.15) is 4.83 Å². The van der Waals surface area contributed by atoms with Gasteiger partial charge in [0.15, 0.2) is 0 Å². The highest BCUT2D eigenvalue weighted by atomic mass is 32.1. The summed E-state index contributed by atoms with van der Waals surface area (Å²) in [5.74, 6) is 6.02. The van der Waals surface area contributed by atoms with E-state index in [1.165, 1.54) is 4.88 Å². The molecule has 6 nitrogen and oxygen atoms in total. The minimum atomic E-state index is -0.0504. The summed E-state index contributed by atoms with van der Waals surface area (Å²) in [5, 5.41) is 0.749. The van der Waals surface area contributed by atoms with Gasteiger partial charge in [-0.1, -0.05) is 25.1 Å². The third kappa shape index (κ3) is 2.74. The average Bonchev–Trinajstić information content (AvgIpc) is 3.00. The molecule has 0 radical (unpaired) electrons. The number of benzene rings is 1. The van der Waals surface area contributed by atoms with E-state index in [0.29, 0.717) is 5.95 Å². The van der Waals surface area contributed by atoms with Crippen LogP contribution in [0.2, 0.25) is 0 Å². The Balaban J connectivity index is 1.92. The zero-order chi connectivity index (χ0) is 17.4. The molecule has 4 rings (SSSR count). The number of hydrogen-bond donors (Lipinski definition) is 2. The Hall–Kier alpha value is -2.22. The van der Waals surface area contributed by atoms with Crippen molar-refractivity contribution in [1.82, 2.24) is 14.5 Å². The van der Waals surface area contributed by atoms with Gasteiger partial charge in [-0.25, -0.2) is 15.4 Å². The highest BCUT2D eigenvalue weighted by Crippen LogP contribution is 2.33. The topological polar surface area (TPSA) is 76.2 Å². The van der Waals surface area contributed by atoms with Crippen LogP contribution in [0.5, 0.6) is 0 Å². The summed E-state index contributed by atoms with van der Waals surface area (Å²) < 4.78 is 1.56. The van der Waals surface area contributed by atoms with Gasteiger partial charge in [-0.2, -0.15) is 0 Å². The summed E-state index contributed by atoms with van der Waals surface area (Å²) in [7, 11) is 0. The number of nitrogens with one attached hydrogen (secondary N) is 1. The van der Waals surface area contributed by atoms with Crippen molar-refractivity contribution in [2.75, 3.05) is 18.5 Å². The fourth-order valence-corrected chi connectivity index (χ4v) is 4.77. The summed E-state index contributed by atoms with van der Waals surface area (Å²) in [6.45, 7) is 5.18. The lowest BCUT2D eigenvalue weighted by molar-refractivity contribution is 0.258. The summed E-state index contributed by atoms with van der Waals surface area (Å²) in [6.07, 6.45) is 2.04. The second kappa shape index (κ2) is 6.59. The number of nitrogen functional groups attached to an aromatic ring is 1. The van der Waals surface area contributed by atoms with Gasteiger partial charge in [0.2, 0.25) is 5.95 Å². The largest absolute Gasteiger partial charge is 0.298 e. The smallest absolute Gasteiger partial charge is 0.268 e. The lowest BCUT2D eigenvalue weighted by Crippen LogP contribution is -2.31. The van der Waals surface area contributed by atoms with Crippen molar-refractivity contribution in [3.8, 4) is 5.69 Å².